The van der Waals surface area contributed by atoms with Crippen LogP contribution in [0.2, 0.25) is 0 Å². The maximum absolute atomic E-state index is 12.7. The van der Waals surface area contributed by atoms with Crippen molar-refractivity contribution >= 4 is 11.7 Å². The van der Waals surface area contributed by atoms with Crippen LogP contribution in [-0.2, 0) is 6.18 Å². The first-order chi connectivity index (χ1) is 8.77. The van der Waals surface area contributed by atoms with E-state index in [2.05, 4.69) is 5.32 Å². The van der Waals surface area contributed by atoms with Crippen LogP contribution in [0, 0.1) is 0 Å². The molecule has 0 aromatic heterocycles. The van der Waals surface area contributed by atoms with Crippen LogP contribution < -0.4 is 5.32 Å². The number of halogens is 3. The first kappa shape index (κ1) is 15.3. The summed E-state index contributed by atoms with van der Waals surface area (Å²) in [5.41, 5.74) is -1.15. The molecule has 106 valence electrons. The van der Waals surface area contributed by atoms with Crippen molar-refractivity contribution in [2.45, 2.75) is 38.9 Å². The third kappa shape index (κ3) is 4.15. The van der Waals surface area contributed by atoms with Crippen LogP contribution in [0.1, 0.15) is 42.6 Å². The second-order valence-corrected chi connectivity index (χ2v) is 4.26. The molecule has 0 unspecified atom stereocenters. The van der Waals surface area contributed by atoms with Gasteiger partial charge in [0, 0.05) is 11.7 Å². The van der Waals surface area contributed by atoms with Crippen LogP contribution >= 0.6 is 0 Å². The van der Waals surface area contributed by atoms with Crippen LogP contribution in [-0.4, -0.2) is 17.1 Å². The molecule has 0 fully saturated rings. The SMILES string of the molecule is CCC(CC)Nc1cc(C(=O)O)cc(C(F)(F)F)c1. The van der Waals surface area contributed by atoms with Gasteiger partial charge in [0.2, 0.25) is 0 Å². The van der Waals surface area contributed by atoms with Crippen molar-refractivity contribution in [1.29, 1.82) is 0 Å². The van der Waals surface area contributed by atoms with Crippen LogP contribution in [0.15, 0.2) is 18.2 Å². The molecule has 1 aromatic carbocycles. The highest BCUT2D eigenvalue weighted by Crippen LogP contribution is 2.32. The lowest BCUT2D eigenvalue weighted by atomic mass is 10.1. The van der Waals surface area contributed by atoms with E-state index < -0.39 is 17.7 Å². The van der Waals surface area contributed by atoms with Gasteiger partial charge in [-0.2, -0.15) is 13.2 Å². The highest BCUT2D eigenvalue weighted by molar-refractivity contribution is 5.89. The fraction of sp³-hybridized carbons (Fsp3) is 0.462. The smallest absolute Gasteiger partial charge is 0.416 e. The zero-order valence-corrected chi connectivity index (χ0v) is 10.7. The number of carbonyl (C=O) groups is 1. The number of carboxylic acids is 1. The average molecular weight is 275 g/mol. The quantitative estimate of drug-likeness (QED) is 0.853. The Bertz CT molecular complexity index is 454. The summed E-state index contributed by atoms with van der Waals surface area (Å²) >= 11 is 0. The van der Waals surface area contributed by atoms with Gasteiger partial charge in [-0.15, -0.1) is 0 Å². The van der Waals surface area contributed by atoms with Gasteiger partial charge in [-0.05, 0) is 31.0 Å². The molecular weight excluding hydrogens is 259 g/mol. The summed E-state index contributed by atoms with van der Waals surface area (Å²) in [6, 6.07) is 2.81. The Morgan fingerprint density at radius 3 is 2.26 bits per heavy atom. The number of hydrogen-bond acceptors (Lipinski definition) is 2. The first-order valence-electron chi connectivity index (χ1n) is 6.00. The molecule has 19 heavy (non-hydrogen) atoms. The molecule has 3 nitrogen and oxygen atoms in total. The van der Waals surface area contributed by atoms with Gasteiger partial charge in [-0.25, -0.2) is 4.79 Å². The Morgan fingerprint density at radius 1 is 1.26 bits per heavy atom. The molecule has 0 radical (unpaired) electrons. The Labute approximate surface area is 109 Å². The zero-order valence-electron chi connectivity index (χ0n) is 10.7. The van der Waals surface area contributed by atoms with Crippen molar-refractivity contribution in [2.24, 2.45) is 0 Å². The van der Waals surface area contributed by atoms with Crippen LogP contribution in [0.5, 0.6) is 0 Å². The van der Waals surface area contributed by atoms with Gasteiger partial charge in [-0.3, -0.25) is 0 Å². The summed E-state index contributed by atoms with van der Waals surface area (Å²) in [4.78, 5) is 10.9. The topological polar surface area (TPSA) is 49.3 Å². The molecule has 0 saturated heterocycles. The second kappa shape index (κ2) is 5.95. The number of carboxylic acid groups (broad SMARTS) is 1. The molecule has 1 aromatic rings. The molecule has 0 aliphatic heterocycles. The fourth-order valence-electron chi connectivity index (χ4n) is 1.73. The van der Waals surface area contributed by atoms with Crippen molar-refractivity contribution in [2.75, 3.05) is 5.32 Å². The highest BCUT2D eigenvalue weighted by atomic mass is 19.4. The molecule has 0 bridgehead atoms. The third-order valence-electron chi connectivity index (χ3n) is 2.86. The van der Waals surface area contributed by atoms with E-state index in [0.717, 1.165) is 18.9 Å². The minimum atomic E-state index is -4.56. The van der Waals surface area contributed by atoms with E-state index in [0.29, 0.717) is 6.07 Å². The Balaban J connectivity index is 3.17. The van der Waals surface area contributed by atoms with Crippen LogP contribution in [0.3, 0.4) is 0 Å². The van der Waals surface area contributed by atoms with Crippen molar-refractivity contribution in [1.82, 2.24) is 0 Å². The van der Waals surface area contributed by atoms with Crippen molar-refractivity contribution in [3.05, 3.63) is 29.3 Å². The number of hydrogen-bond donors (Lipinski definition) is 2. The molecular formula is C13H16F3NO2. The summed E-state index contributed by atoms with van der Waals surface area (Å²) in [5, 5.41) is 11.8. The lowest BCUT2D eigenvalue weighted by Gasteiger charge is -2.18. The third-order valence-corrected chi connectivity index (χ3v) is 2.86. The molecule has 0 atom stereocenters. The number of nitrogens with one attached hydrogen (secondary N) is 1. The Kier molecular flexibility index (Phi) is 4.80. The predicted molar refractivity (Wildman–Crippen MR) is 66.4 cm³/mol. The number of benzene rings is 1. The van der Waals surface area contributed by atoms with E-state index in [-0.39, 0.29) is 17.3 Å². The molecule has 6 heteroatoms. The first-order valence-corrected chi connectivity index (χ1v) is 6.00. The lowest BCUT2D eigenvalue weighted by molar-refractivity contribution is -0.137. The van der Waals surface area contributed by atoms with E-state index in [1.807, 2.05) is 13.8 Å². The highest BCUT2D eigenvalue weighted by Gasteiger charge is 2.32. The normalized spacial score (nSPS) is 11.7. The van der Waals surface area contributed by atoms with Crippen molar-refractivity contribution in [3.8, 4) is 0 Å². The van der Waals surface area contributed by atoms with Gasteiger partial charge in [0.1, 0.15) is 0 Å². The van der Waals surface area contributed by atoms with Crippen molar-refractivity contribution in [3.63, 3.8) is 0 Å². The Hall–Kier alpha value is -1.72. The summed E-state index contributed by atoms with van der Waals surface area (Å²) in [7, 11) is 0. The summed E-state index contributed by atoms with van der Waals surface area (Å²) in [5.74, 6) is -1.38. The van der Waals surface area contributed by atoms with Gasteiger partial charge in [0.25, 0.3) is 0 Å². The molecule has 0 spiro atoms. The maximum Gasteiger partial charge on any atom is 0.416 e. The number of anilines is 1. The standard InChI is InChI=1S/C13H16F3NO2/c1-3-10(4-2)17-11-6-8(12(18)19)5-9(7-11)13(14,15)16/h5-7,10,17H,3-4H2,1-2H3,(H,18,19). The maximum atomic E-state index is 12.7. The molecule has 0 aliphatic rings. The van der Waals surface area contributed by atoms with Crippen LogP contribution in [0.4, 0.5) is 18.9 Å². The van der Waals surface area contributed by atoms with Crippen molar-refractivity contribution < 1.29 is 23.1 Å². The van der Waals surface area contributed by atoms with Gasteiger partial charge < -0.3 is 10.4 Å². The fourth-order valence-corrected chi connectivity index (χ4v) is 1.73. The number of aromatic carboxylic acids is 1. The van der Waals surface area contributed by atoms with Crippen LogP contribution in [0.25, 0.3) is 0 Å². The molecule has 0 amide bonds. The molecule has 0 heterocycles. The largest absolute Gasteiger partial charge is 0.478 e. The van der Waals surface area contributed by atoms with Gasteiger partial charge in [0.05, 0.1) is 11.1 Å². The van der Waals surface area contributed by atoms with E-state index in [4.69, 9.17) is 5.11 Å². The minimum Gasteiger partial charge on any atom is -0.478 e. The van der Waals surface area contributed by atoms with E-state index in [9.17, 15) is 18.0 Å². The number of rotatable bonds is 5. The second-order valence-electron chi connectivity index (χ2n) is 4.26. The van der Waals surface area contributed by atoms with E-state index in [1.54, 1.807) is 0 Å². The van der Waals surface area contributed by atoms with E-state index >= 15 is 0 Å². The molecule has 1 rings (SSSR count). The predicted octanol–water partition coefficient (Wildman–Crippen LogP) is 4.00. The van der Waals surface area contributed by atoms with Gasteiger partial charge >= 0.3 is 12.1 Å². The summed E-state index contributed by atoms with van der Waals surface area (Å²) in [6.45, 7) is 3.82. The average Bonchev–Trinajstić information content (AvgIpc) is 2.34. The zero-order chi connectivity index (χ0) is 14.6. The monoisotopic (exact) mass is 275 g/mol. The van der Waals surface area contributed by atoms with E-state index in [1.165, 1.54) is 6.07 Å². The number of alkyl halides is 3. The summed E-state index contributed by atoms with van der Waals surface area (Å²) < 4.78 is 38.1. The minimum absolute atomic E-state index is 0.0186. The molecule has 0 saturated carbocycles. The molecule has 0 aliphatic carbocycles. The molecule has 2 N–H and O–H groups in total. The van der Waals surface area contributed by atoms with Gasteiger partial charge in [-0.1, -0.05) is 13.8 Å². The Morgan fingerprint density at radius 2 is 1.84 bits per heavy atom. The lowest BCUT2D eigenvalue weighted by Crippen LogP contribution is -2.18. The summed E-state index contributed by atoms with van der Waals surface area (Å²) in [6.07, 6.45) is -3.07. The van der Waals surface area contributed by atoms with Gasteiger partial charge in [0.15, 0.2) is 0 Å².